The summed E-state index contributed by atoms with van der Waals surface area (Å²) in [6.45, 7) is -0.740. The van der Waals surface area contributed by atoms with Crippen molar-refractivity contribution in [3.05, 3.63) is 198 Å². The Hall–Kier alpha value is -8.22. The van der Waals surface area contributed by atoms with Crippen molar-refractivity contribution in [2.24, 2.45) is 0 Å². The minimum absolute atomic E-state index is 0.363. The lowest BCUT2D eigenvalue weighted by Crippen LogP contribution is -2.20. The molecule has 5 aliphatic rings. The van der Waals surface area contributed by atoms with Gasteiger partial charge in [-0.2, -0.15) is 0 Å². The van der Waals surface area contributed by atoms with E-state index in [1.165, 1.54) is 36.2 Å². The van der Waals surface area contributed by atoms with Crippen molar-refractivity contribution in [1.82, 2.24) is 24.8 Å². The van der Waals surface area contributed by atoms with Gasteiger partial charge in [0.05, 0.1) is 45.0 Å². The number of aromatic amines is 2. The van der Waals surface area contributed by atoms with Gasteiger partial charge in [-0.15, -0.1) is 0 Å². The largest absolute Gasteiger partial charge is 0.361 e. The highest BCUT2D eigenvalue weighted by molar-refractivity contribution is 5.95. The van der Waals surface area contributed by atoms with Crippen LogP contribution in [0, 0.1) is 116 Å². The molecule has 5 nitrogen and oxygen atoms in total. The molecule has 1 aliphatic carbocycles. The maximum absolute atomic E-state index is 16.9. The molecule has 1 saturated heterocycles. The first kappa shape index (κ1) is 52.5. The van der Waals surface area contributed by atoms with Gasteiger partial charge in [0, 0.05) is 81.4 Å². The first-order chi connectivity index (χ1) is 37.9. The highest BCUT2D eigenvalue weighted by Crippen LogP contribution is 2.56. The maximum atomic E-state index is 16.9. The number of aromatic nitrogens is 4. The molecule has 1 fully saturated rings. The van der Waals surface area contributed by atoms with Crippen LogP contribution >= 0.6 is 0 Å². The SMILES string of the molecule is CN1CC2c3nc(c(-c4c(F)c(F)c(F)c(F)c4F)c4ccc([nH]4)c(-c4c(F)c(F)c(F)c(F)c4F)c4nc(c(-c5c(F)c(F)c(F)c(F)c5F)c5[nH]c(c3-c3c(F)c(F)c(F)c(F)c3F)C3Cc6ccccc6CC53)C=C4)C2C1. The van der Waals surface area contributed by atoms with E-state index < -0.39 is 230 Å². The van der Waals surface area contributed by atoms with Crippen LogP contribution in [0.1, 0.15) is 69.0 Å². The van der Waals surface area contributed by atoms with Crippen molar-refractivity contribution in [3.63, 3.8) is 0 Å². The molecule has 0 spiro atoms. The quantitative estimate of drug-likeness (QED) is 0.105. The number of hydrogen-bond acceptors (Lipinski definition) is 3. The number of hydrogen-bond donors (Lipinski definition) is 2. The molecule has 2 N–H and O–H groups in total. The molecule has 0 saturated carbocycles. The molecule has 4 atom stereocenters. The van der Waals surface area contributed by atoms with E-state index in [0.29, 0.717) is 29.3 Å². The summed E-state index contributed by atoms with van der Waals surface area (Å²) in [6, 6.07) is 7.52. The number of likely N-dealkylation sites (tertiary alicyclic amines) is 1. The lowest BCUT2D eigenvalue weighted by atomic mass is 9.72. The fourth-order valence-electron chi connectivity index (χ4n) is 11.7. The summed E-state index contributed by atoms with van der Waals surface area (Å²) < 4.78 is 317. The molecule has 0 radical (unpaired) electrons. The number of H-pyrrole nitrogens is 2. The highest BCUT2D eigenvalue weighted by atomic mass is 19.2. The summed E-state index contributed by atoms with van der Waals surface area (Å²) in [5.74, 6) is -57.8. The first-order valence-corrected chi connectivity index (χ1v) is 23.6. The third-order valence-corrected chi connectivity index (χ3v) is 15.2. The number of nitrogens with zero attached hydrogens (tertiary/aromatic N) is 3. The van der Waals surface area contributed by atoms with Gasteiger partial charge in [0.15, 0.2) is 93.1 Å². The van der Waals surface area contributed by atoms with Crippen LogP contribution in [0.2, 0.25) is 0 Å². The maximum Gasteiger partial charge on any atom is 0.200 e. The number of nitrogens with one attached hydrogen (secondary N) is 2. The number of benzene rings is 5. The second-order valence-electron chi connectivity index (χ2n) is 19.4. The van der Waals surface area contributed by atoms with Crippen LogP contribution in [0.3, 0.4) is 0 Å². The predicted octanol–water partition coefficient (Wildman–Crippen LogP) is 15.1. The summed E-state index contributed by atoms with van der Waals surface area (Å²) >= 11 is 0. The van der Waals surface area contributed by atoms with Crippen LogP contribution in [-0.2, 0) is 12.8 Å². The number of rotatable bonds is 4. The van der Waals surface area contributed by atoms with E-state index in [9.17, 15) is 13.2 Å². The average molecular weight is 1140 g/mol. The average Bonchev–Trinajstić information content (AvgIpc) is 4.50. The molecule has 25 heteroatoms. The van der Waals surface area contributed by atoms with Crippen molar-refractivity contribution in [2.45, 2.75) is 36.5 Å². The topological polar surface area (TPSA) is 60.6 Å². The van der Waals surface area contributed by atoms with Crippen molar-refractivity contribution < 1.29 is 87.8 Å². The Labute approximate surface area is 434 Å². The molecule has 80 heavy (non-hydrogen) atoms. The monoisotopic (exact) mass is 1140 g/mol. The van der Waals surface area contributed by atoms with Gasteiger partial charge in [-0.1, -0.05) is 24.3 Å². The Bertz CT molecular complexity index is 4110. The lowest BCUT2D eigenvalue weighted by molar-refractivity contribution is 0.380. The van der Waals surface area contributed by atoms with Crippen molar-refractivity contribution in [2.75, 3.05) is 20.1 Å². The zero-order valence-electron chi connectivity index (χ0n) is 39.7. The summed E-state index contributed by atoms with van der Waals surface area (Å²) in [6.07, 6.45) is 0.659. The standard InChI is InChI=1S/C55H25F20N5/c1-80-12-18-19(13-80)55-31(30-38(62)46(70)51(75)47(71)39(30)63)53-17-11-15-5-3-2-4-14(15)10-16(17)52(78-53)25(28-34(58)42(66)49(73)43(67)35(28)59)22-8-6-20(76-22)24(27-32(56)40(64)48(72)41(65)33(27)57)21-7-9-23(77-21)26(54(18)79-55)29-36(60)44(68)50(74)45(69)37(29)61/h2-9,16-19,77-78H,10-13H2,1H3. The molecule has 7 aromatic rings. The Kier molecular flexibility index (Phi) is 12.1. The molecule has 6 heterocycles. The normalized spacial score (nSPS) is 18.0. The van der Waals surface area contributed by atoms with E-state index >= 15 is 74.6 Å². The molecule has 12 rings (SSSR count). The van der Waals surface area contributed by atoms with E-state index in [2.05, 4.69) is 19.9 Å². The zero-order valence-corrected chi connectivity index (χ0v) is 39.7. The van der Waals surface area contributed by atoms with E-state index in [1.807, 2.05) is 0 Å². The van der Waals surface area contributed by atoms with E-state index in [4.69, 9.17) is 0 Å². The summed E-state index contributed by atoms with van der Waals surface area (Å²) in [4.78, 5) is 15.3. The molecular weight excluding hydrogens is 1110 g/mol. The number of halogens is 20. The van der Waals surface area contributed by atoms with Crippen LogP contribution in [-0.4, -0.2) is 45.0 Å². The Morgan fingerprint density at radius 1 is 0.338 bits per heavy atom. The highest BCUT2D eigenvalue weighted by Gasteiger charge is 2.48. The lowest BCUT2D eigenvalue weighted by Gasteiger charge is -2.30. The Morgan fingerprint density at radius 3 is 1.06 bits per heavy atom. The summed E-state index contributed by atoms with van der Waals surface area (Å²) in [5.41, 5.74) is -17.5. The van der Waals surface area contributed by atoms with Gasteiger partial charge in [0.25, 0.3) is 0 Å². The van der Waals surface area contributed by atoms with Gasteiger partial charge in [-0.25, -0.2) is 92.8 Å². The third kappa shape index (κ3) is 7.29. The van der Waals surface area contributed by atoms with E-state index in [-0.39, 0.29) is 25.9 Å². The van der Waals surface area contributed by atoms with E-state index in [1.54, 1.807) is 0 Å². The van der Waals surface area contributed by atoms with Crippen LogP contribution < -0.4 is 0 Å². The second kappa shape index (κ2) is 18.4. The smallest absolute Gasteiger partial charge is 0.200 e. The van der Waals surface area contributed by atoms with Crippen molar-refractivity contribution in [3.8, 4) is 44.5 Å². The Balaban J connectivity index is 1.41. The van der Waals surface area contributed by atoms with Gasteiger partial charge in [-0.05, 0) is 55.3 Å². The molecule has 410 valence electrons. The fraction of sp³-hybridized carbons (Fsp3) is 0.164. The van der Waals surface area contributed by atoms with Crippen molar-refractivity contribution in [1.29, 1.82) is 0 Å². The molecule has 8 bridgehead atoms. The van der Waals surface area contributed by atoms with Gasteiger partial charge >= 0.3 is 0 Å². The van der Waals surface area contributed by atoms with Crippen LogP contribution in [0.5, 0.6) is 0 Å². The first-order valence-electron chi connectivity index (χ1n) is 23.6. The van der Waals surface area contributed by atoms with Gasteiger partial charge in [-0.3, -0.25) is 4.98 Å². The molecular formula is C55H25F20N5. The molecule has 0 amide bonds. The van der Waals surface area contributed by atoms with Crippen LogP contribution in [0.15, 0.2) is 36.4 Å². The van der Waals surface area contributed by atoms with Gasteiger partial charge in [0.2, 0.25) is 23.3 Å². The molecule has 4 aliphatic heterocycles. The second-order valence-corrected chi connectivity index (χ2v) is 19.4. The predicted molar refractivity (Wildman–Crippen MR) is 244 cm³/mol. The number of likely N-dealkylation sites (N-methyl/N-ethyl adjacent to an activating group) is 1. The molecule has 2 aromatic heterocycles. The van der Waals surface area contributed by atoms with Crippen LogP contribution in [0.4, 0.5) is 87.8 Å². The molecule has 4 unspecified atom stereocenters. The fourth-order valence-corrected chi connectivity index (χ4v) is 11.7. The minimum Gasteiger partial charge on any atom is -0.361 e. The summed E-state index contributed by atoms with van der Waals surface area (Å²) in [5, 5.41) is 0. The minimum atomic E-state index is -2.70. The molecule has 5 aromatic carbocycles. The van der Waals surface area contributed by atoms with Crippen molar-refractivity contribution >= 4 is 23.2 Å². The van der Waals surface area contributed by atoms with Gasteiger partial charge < -0.3 is 14.9 Å². The summed E-state index contributed by atoms with van der Waals surface area (Å²) in [7, 11) is 1.39. The third-order valence-electron chi connectivity index (χ3n) is 15.2. The zero-order chi connectivity index (χ0) is 57.1. The van der Waals surface area contributed by atoms with Gasteiger partial charge in [0.1, 0.15) is 0 Å². The van der Waals surface area contributed by atoms with E-state index in [0.717, 1.165) is 6.07 Å². The van der Waals surface area contributed by atoms with Crippen LogP contribution in [0.25, 0.3) is 67.7 Å². The Morgan fingerprint density at radius 2 is 0.650 bits per heavy atom. The number of fused-ring (bicyclic) bond motifs is 15.